The third-order valence-corrected chi connectivity index (χ3v) is 3.84. The molecule has 0 atom stereocenters. The second-order valence-corrected chi connectivity index (χ2v) is 5.96. The first-order chi connectivity index (χ1) is 12.4. The molecule has 0 fully saturated rings. The normalized spacial score (nSPS) is 10.7. The number of halogens is 1. The van der Waals surface area contributed by atoms with Gasteiger partial charge in [0.2, 0.25) is 5.95 Å². The van der Waals surface area contributed by atoms with Gasteiger partial charge in [0.25, 0.3) is 11.1 Å². The van der Waals surface area contributed by atoms with Crippen molar-refractivity contribution in [1.82, 2.24) is 19.9 Å². The molecule has 26 heavy (non-hydrogen) atoms. The Hall–Kier alpha value is -3.29. The Morgan fingerprint density at radius 2 is 1.92 bits per heavy atom. The number of nitrogens with one attached hydrogen (secondary N) is 3. The first-order valence-electron chi connectivity index (χ1n) is 8.05. The number of hydrogen-bond acceptors (Lipinski definition) is 5. The van der Waals surface area contributed by atoms with E-state index in [4.69, 9.17) is 0 Å². The van der Waals surface area contributed by atoms with Crippen molar-refractivity contribution in [1.29, 1.82) is 0 Å². The number of aromatic amines is 2. The molecule has 2 aromatic heterocycles. The van der Waals surface area contributed by atoms with E-state index < -0.39 is 0 Å². The van der Waals surface area contributed by atoms with Crippen LogP contribution in [-0.4, -0.2) is 19.9 Å². The Labute approximate surface area is 148 Å². The highest BCUT2D eigenvalue weighted by molar-refractivity contribution is 5.31. The van der Waals surface area contributed by atoms with E-state index in [0.29, 0.717) is 34.9 Å². The maximum Gasteiger partial charge on any atom is 0.254 e. The molecule has 0 aliphatic rings. The zero-order valence-electron chi connectivity index (χ0n) is 14.4. The molecule has 0 bridgehead atoms. The standard InChI is InChI=1S/C18H18FN5O2/c1-10-15(17(26)22-11(2)21-10)7-14-8-16(25)24-18(23-14)20-9-12-4-3-5-13(19)6-12/h3-6,8H,7,9H2,1-2H3,(H,21,22,26)(H2,20,23,24,25). The fraction of sp³-hybridized carbons (Fsp3) is 0.222. The van der Waals surface area contributed by atoms with E-state index in [-0.39, 0.29) is 29.3 Å². The van der Waals surface area contributed by atoms with Gasteiger partial charge in [0.15, 0.2) is 0 Å². The fourth-order valence-corrected chi connectivity index (χ4v) is 2.66. The molecular weight excluding hydrogens is 337 g/mol. The molecule has 0 spiro atoms. The van der Waals surface area contributed by atoms with Gasteiger partial charge in [-0.3, -0.25) is 14.6 Å². The number of H-pyrrole nitrogens is 2. The van der Waals surface area contributed by atoms with Crippen LogP contribution in [0.15, 0.2) is 39.9 Å². The molecule has 2 heterocycles. The Morgan fingerprint density at radius 1 is 1.12 bits per heavy atom. The summed E-state index contributed by atoms with van der Waals surface area (Å²) in [6.45, 7) is 3.75. The summed E-state index contributed by atoms with van der Waals surface area (Å²) in [6.07, 6.45) is 0.188. The number of benzene rings is 1. The third-order valence-electron chi connectivity index (χ3n) is 3.84. The van der Waals surface area contributed by atoms with Gasteiger partial charge >= 0.3 is 0 Å². The fourth-order valence-electron chi connectivity index (χ4n) is 2.66. The van der Waals surface area contributed by atoms with E-state index in [0.717, 1.165) is 0 Å². The molecule has 1 aromatic carbocycles. The van der Waals surface area contributed by atoms with Crippen molar-refractivity contribution in [3.05, 3.63) is 85.2 Å². The van der Waals surface area contributed by atoms with Crippen LogP contribution >= 0.6 is 0 Å². The molecule has 3 aromatic rings. The average Bonchev–Trinajstić information content (AvgIpc) is 2.56. The van der Waals surface area contributed by atoms with Crippen LogP contribution < -0.4 is 16.4 Å². The Balaban J connectivity index is 1.82. The van der Waals surface area contributed by atoms with Gasteiger partial charge in [-0.05, 0) is 31.5 Å². The second kappa shape index (κ2) is 7.30. The largest absolute Gasteiger partial charge is 0.352 e. The van der Waals surface area contributed by atoms with Crippen molar-refractivity contribution in [3.63, 3.8) is 0 Å². The first kappa shape index (κ1) is 17.5. The second-order valence-electron chi connectivity index (χ2n) is 5.96. The zero-order valence-corrected chi connectivity index (χ0v) is 14.4. The van der Waals surface area contributed by atoms with Crippen LogP contribution in [0.1, 0.15) is 28.3 Å². The number of anilines is 1. The first-order valence-corrected chi connectivity index (χ1v) is 8.05. The number of rotatable bonds is 5. The minimum absolute atomic E-state index is 0.188. The van der Waals surface area contributed by atoms with E-state index in [1.165, 1.54) is 18.2 Å². The summed E-state index contributed by atoms with van der Waals surface area (Å²) in [5, 5.41) is 2.96. The van der Waals surface area contributed by atoms with Crippen molar-refractivity contribution in [3.8, 4) is 0 Å². The summed E-state index contributed by atoms with van der Waals surface area (Å²) in [5.74, 6) is 0.458. The van der Waals surface area contributed by atoms with Crippen LogP contribution in [0.5, 0.6) is 0 Å². The quantitative estimate of drug-likeness (QED) is 0.648. The molecular formula is C18H18FN5O2. The third kappa shape index (κ3) is 4.21. The van der Waals surface area contributed by atoms with Gasteiger partial charge in [-0.15, -0.1) is 0 Å². The smallest absolute Gasteiger partial charge is 0.254 e. The van der Waals surface area contributed by atoms with Crippen molar-refractivity contribution in [2.75, 3.05) is 5.32 Å². The lowest BCUT2D eigenvalue weighted by atomic mass is 10.1. The molecule has 0 unspecified atom stereocenters. The molecule has 7 nitrogen and oxygen atoms in total. The molecule has 0 saturated heterocycles. The molecule has 3 rings (SSSR count). The van der Waals surface area contributed by atoms with Gasteiger partial charge in [0.1, 0.15) is 11.6 Å². The summed E-state index contributed by atoms with van der Waals surface area (Å²) >= 11 is 0. The van der Waals surface area contributed by atoms with Gasteiger partial charge in [-0.25, -0.2) is 14.4 Å². The summed E-state index contributed by atoms with van der Waals surface area (Å²) < 4.78 is 13.2. The summed E-state index contributed by atoms with van der Waals surface area (Å²) in [7, 11) is 0. The van der Waals surface area contributed by atoms with E-state index in [1.807, 2.05) is 0 Å². The maximum atomic E-state index is 13.2. The molecule has 3 N–H and O–H groups in total. The minimum atomic E-state index is -0.342. The van der Waals surface area contributed by atoms with Crippen LogP contribution in [0.3, 0.4) is 0 Å². The monoisotopic (exact) mass is 355 g/mol. The number of nitrogens with zero attached hydrogens (tertiary/aromatic N) is 2. The molecule has 134 valence electrons. The SMILES string of the molecule is Cc1nc(C)c(Cc2cc(=O)[nH]c(NCc3cccc(F)c3)n2)c(=O)[nH]1. The molecule has 0 amide bonds. The molecule has 0 aliphatic heterocycles. The lowest BCUT2D eigenvalue weighted by molar-refractivity contribution is 0.626. The number of aryl methyl sites for hydroxylation is 2. The topological polar surface area (TPSA) is 104 Å². The highest BCUT2D eigenvalue weighted by Gasteiger charge is 2.10. The van der Waals surface area contributed by atoms with E-state index in [9.17, 15) is 14.0 Å². The van der Waals surface area contributed by atoms with Crippen LogP contribution in [0.25, 0.3) is 0 Å². The van der Waals surface area contributed by atoms with Gasteiger partial charge in [-0.2, -0.15) is 0 Å². The van der Waals surface area contributed by atoms with Crippen LogP contribution in [0.2, 0.25) is 0 Å². The van der Waals surface area contributed by atoms with E-state index >= 15 is 0 Å². The highest BCUT2D eigenvalue weighted by Crippen LogP contribution is 2.09. The van der Waals surface area contributed by atoms with Crippen LogP contribution in [0, 0.1) is 19.7 Å². The number of aromatic nitrogens is 4. The van der Waals surface area contributed by atoms with Crippen LogP contribution in [0.4, 0.5) is 10.3 Å². The predicted octanol–water partition coefficient (Wildman–Crippen LogP) is 1.81. The Morgan fingerprint density at radius 3 is 2.65 bits per heavy atom. The molecule has 0 aliphatic carbocycles. The minimum Gasteiger partial charge on any atom is -0.352 e. The Kier molecular flexibility index (Phi) is 4.92. The predicted molar refractivity (Wildman–Crippen MR) is 95.7 cm³/mol. The van der Waals surface area contributed by atoms with Crippen molar-refractivity contribution >= 4 is 5.95 Å². The molecule has 0 radical (unpaired) electrons. The van der Waals surface area contributed by atoms with Crippen molar-refractivity contribution in [2.45, 2.75) is 26.8 Å². The van der Waals surface area contributed by atoms with Crippen molar-refractivity contribution in [2.24, 2.45) is 0 Å². The summed E-state index contributed by atoms with van der Waals surface area (Å²) in [5.41, 5.74) is 1.63. The highest BCUT2D eigenvalue weighted by atomic mass is 19.1. The van der Waals surface area contributed by atoms with E-state index in [2.05, 4.69) is 25.3 Å². The maximum absolute atomic E-state index is 13.2. The molecule has 8 heteroatoms. The lowest BCUT2D eigenvalue weighted by Crippen LogP contribution is -2.20. The number of hydrogen-bond donors (Lipinski definition) is 3. The van der Waals surface area contributed by atoms with Gasteiger partial charge in [0.05, 0.1) is 5.69 Å². The lowest BCUT2D eigenvalue weighted by Gasteiger charge is -2.08. The van der Waals surface area contributed by atoms with E-state index in [1.54, 1.807) is 26.0 Å². The summed E-state index contributed by atoms with van der Waals surface area (Å²) in [6, 6.07) is 7.47. The Bertz CT molecular complexity index is 1060. The summed E-state index contributed by atoms with van der Waals surface area (Å²) in [4.78, 5) is 37.8. The van der Waals surface area contributed by atoms with Gasteiger partial charge in [0, 0.05) is 30.3 Å². The zero-order chi connectivity index (χ0) is 18.7. The van der Waals surface area contributed by atoms with Crippen molar-refractivity contribution < 1.29 is 4.39 Å². The van der Waals surface area contributed by atoms with Gasteiger partial charge < -0.3 is 10.3 Å². The van der Waals surface area contributed by atoms with Crippen LogP contribution in [-0.2, 0) is 13.0 Å². The van der Waals surface area contributed by atoms with Gasteiger partial charge in [-0.1, -0.05) is 12.1 Å². The average molecular weight is 355 g/mol. The molecule has 0 saturated carbocycles.